The Balaban J connectivity index is 1.50. The molecule has 0 radical (unpaired) electrons. The number of hydrogen-bond acceptors (Lipinski definition) is 3. The van der Waals surface area contributed by atoms with E-state index in [2.05, 4.69) is 64.9 Å². The molecule has 0 spiro atoms. The van der Waals surface area contributed by atoms with Crippen molar-refractivity contribution in [1.29, 1.82) is 0 Å². The Morgan fingerprint density at radius 2 is 1.89 bits per heavy atom. The lowest BCUT2D eigenvalue weighted by atomic mass is 10.1. The third-order valence-corrected chi connectivity index (χ3v) is 5.11. The molecule has 1 fully saturated rings. The molecule has 1 saturated heterocycles. The van der Waals surface area contributed by atoms with Crippen LogP contribution in [0.25, 0.3) is 0 Å². The van der Waals surface area contributed by atoms with E-state index in [4.69, 9.17) is 9.73 Å². The quantitative estimate of drug-likeness (QED) is 0.545. The second kappa shape index (κ2) is 10.6. The molecule has 1 aliphatic heterocycles. The van der Waals surface area contributed by atoms with Crippen LogP contribution < -0.4 is 20.3 Å². The van der Waals surface area contributed by atoms with Gasteiger partial charge >= 0.3 is 0 Å². The van der Waals surface area contributed by atoms with Crippen LogP contribution in [0.4, 0.5) is 5.69 Å². The third kappa shape index (κ3) is 5.65. The molecule has 2 aromatic rings. The molecule has 0 aromatic heterocycles. The topological polar surface area (TPSA) is 48.9 Å². The Morgan fingerprint density at radius 1 is 1.11 bits per heavy atom. The highest BCUT2D eigenvalue weighted by Gasteiger charge is 2.24. The predicted molar refractivity (Wildman–Crippen MR) is 117 cm³/mol. The van der Waals surface area contributed by atoms with Gasteiger partial charge in [-0.1, -0.05) is 42.5 Å². The maximum absolute atomic E-state index is 5.51. The molecule has 1 atom stereocenters. The second-order valence-electron chi connectivity index (χ2n) is 7.15. The van der Waals surface area contributed by atoms with Gasteiger partial charge in [0.15, 0.2) is 5.96 Å². The Hall–Kier alpha value is -2.69. The summed E-state index contributed by atoms with van der Waals surface area (Å²) in [5.74, 6) is 2.42. The number of benzene rings is 2. The van der Waals surface area contributed by atoms with Crippen molar-refractivity contribution in [3.8, 4) is 5.75 Å². The van der Waals surface area contributed by atoms with Crippen molar-refractivity contribution in [3.63, 3.8) is 0 Å². The number of nitrogens with zero attached hydrogens (tertiary/aromatic N) is 2. The molecule has 0 aliphatic carbocycles. The van der Waals surface area contributed by atoms with Crippen LogP contribution in [0.2, 0.25) is 0 Å². The second-order valence-corrected chi connectivity index (χ2v) is 7.15. The first-order valence-corrected chi connectivity index (χ1v) is 10.2. The van der Waals surface area contributed by atoms with E-state index < -0.39 is 0 Å². The van der Waals surface area contributed by atoms with Crippen molar-refractivity contribution in [2.75, 3.05) is 44.7 Å². The van der Waals surface area contributed by atoms with Crippen LogP contribution >= 0.6 is 0 Å². The van der Waals surface area contributed by atoms with Crippen molar-refractivity contribution < 1.29 is 4.74 Å². The Bertz CT molecular complexity index is 747. The van der Waals surface area contributed by atoms with Crippen molar-refractivity contribution in [1.82, 2.24) is 10.6 Å². The molecular formula is C23H32N4O. The van der Waals surface area contributed by atoms with Crippen molar-refractivity contribution in [2.24, 2.45) is 10.9 Å². The van der Waals surface area contributed by atoms with E-state index in [1.807, 2.05) is 12.1 Å². The lowest BCUT2D eigenvalue weighted by molar-refractivity contribution is 0.414. The summed E-state index contributed by atoms with van der Waals surface area (Å²) in [7, 11) is 1.74. The SMILES string of the molecule is CCNC(=NCC1CCN(c2ccccc2OC)C1)NCCc1ccccc1. The lowest BCUT2D eigenvalue weighted by Crippen LogP contribution is -2.38. The van der Waals surface area contributed by atoms with Gasteiger partial charge < -0.3 is 20.3 Å². The summed E-state index contributed by atoms with van der Waals surface area (Å²) >= 11 is 0. The molecule has 2 N–H and O–H groups in total. The minimum absolute atomic E-state index is 0.564. The monoisotopic (exact) mass is 380 g/mol. The molecule has 0 amide bonds. The first kappa shape index (κ1) is 20.1. The largest absolute Gasteiger partial charge is 0.495 e. The van der Waals surface area contributed by atoms with Gasteiger partial charge in [-0.15, -0.1) is 0 Å². The van der Waals surface area contributed by atoms with Crippen molar-refractivity contribution in [3.05, 3.63) is 60.2 Å². The summed E-state index contributed by atoms with van der Waals surface area (Å²) in [4.78, 5) is 7.25. The summed E-state index contributed by atoms with van der Waals surface area (Å²) in [6.07, 6.45) is 2.15. The first-order chi connectivity index (χ1) is 13.8. The van der Waals surface area contributed by atoms with Gasteiger partial charge in [-0.05, 0) is 43.4 Å². The van der Waals surface area contributed by atoms with Crippen molar-refractivity contribution >= 4 is 11.6 Å². The van der Waals surface area contributed by atoms with Crippen LogP contribution in [0, 0.1) is 5.92 Å². The molecule has 1 unspecified atom stereocenters. The molecule has 1 aliphatic rings. The zero-order valence-electron chi connectivity index (χ0n) is 17.0. The van der Waals surface area contributed by atoms with Crippen molar-refractivity contribution in [2.45, 2.75) is 19.8 Å². The van der Waals surface area contributed by atoms with Crippen LogP contribution in [0.15, 0.2) is 59.6 Å². The Kier molecular flexibility index (Phi) is 7.59. The fraction of sp³-hybridized carbons (Fsp3) is 0.435. The number of para-hydroxylation sites is 2. The maximum Gasteiger partial charge on any atom is 0.191 e. The molecule has 0 saturated carbocycles. The molecular weight excluding hydrogens is 348 g/mol. The maximum atomic E-state index is 5.51. The molecule has 3 rings (SSSR count). The number of anilines is 1. The van der Waals surface area contributed by atoms with E-state index in [1.54, 1.807) is 7.11 Å². The van der Waals surface area contributed by atoms with Crippen LogP contribution in [-0.2, 0) is 6.42 Å². The highest BCUT2D eigenvalue weighted by Crippen LogP contribution is 2.31. The number of rotatable bonds is 8. The molecule has 5 heteroatoms. The van der Waals surface area contributed by atoms with E-state index in [-0.39, 0.29) is 0 Å². The summed E-state index contributed by atoms with van der Waals surface area (Å²) in [5, 5.41) is 6.82. The van der Waals surface area contributed by atoms with Gasteiger partial charge in [-0.3, -0.25) is 4.99 Å². The van der Waals surface area contributed by atoms with Gasteiger partial charge in [0.25, 0.3) is 0 Å². The fourth-order valence-corrected chi connectivity index (χ4v) is 3.62. The van der Waals surface area contributed by atoms with E-state index in [0.29, 0.717) is 5.92 Å². The number of hydrogen-bond donors (Lipinski definition) is 2. The van der Waals surface area contributed by atoms with Crippen LogP contribution in [0.5, 0.6) is 5.75 Å². The molecule has 0 bridgehead atoms. The summed E-state index contributed by atoms with van der Waals surface area (Å²) in [6, 6.07) is 18.8. The van der Waals surface area contributed by atoms with Crippen LogP contribution in [0.1, 0.15) is 18.9 Å². The Morgan fingerprint density at radius 3 is 2.68 bits per heavy atom. The zero-order chi connectivity index (χ0) is 19.6. The number of ether oxygens (including phenoxy) is 1. The highest BCUT2D eigenvalue weighted by molar-refractivity contribution is 5.79. The molecule has 5 nitrogen and oxygen atoms in total. The third-order valence-electron chi connectivity index (χ3n) is 5.11. The van der Waals surface area contributed by atoms with E-state index in [0.717, 1.165) is 57.3 Å². The number of aliphatic imine (C=N–C) groups is 1. The molecule has 28 heavy (non-hydrogen) atoms. The van der Waals surface area contributed by atoms with Gasteiger partial charge in [0, 0.05) is 32.7 Å². The van der Waals surface area contributed by atoms with Gasteiger partial charge in [0.05, 0.1) is 12.8 Å². The van der Waals surface area contributed by atoms with Gasteiger partial charge in [0.2, 0.25) is 0 Å². The number of nitrogens with one attached hydrogen (secondary N) is 2. The predicted octanol–water partition coefficient (Wildman–Crippen LogP) is 3.32. The van der Waals surface area contributed by atoms with Crippen LogP contribution in [-0.4, -0.2) is 45.8 Å². The minimum atomic E-state index is 0.564. The highest BCUT2D eigenvalue weighted by atomic mass is 16.5. The normalized spacial score (nSPS) is 16.9. The van der Waals surface area contributed by atoms with E-state index in [9.17, 15) is 0 Å². The summed E-state index contributed by atoms with van der Waals surface area (Å²) < 4.78 is 5.51. The molecule has 1 heterocycles. The molecule has 2 aromatic carbocycles. The molecule has 150 valence electrons. The standard InChI is InChI=1S/C23H32N4O/c1-3-24-23(25-15-13-19-9-5-4-6-10-19)26-17-20-14-16-27(18-20)21-11-7-8-12-22(21)28-2/h4-12,20H,3,13-18H2,1-2H3,(H2,24,25,26). The van der Waals surface area contributed by atoms with E-state index in [1.165, 1.54) is 11.3 Å². The lowest BCUT2D eigenvalue weighted by Gasteiger charge is -2.21. The smallest absolute Gasteiger partial charge is 0.191 e. The number of guanidine groups is 1. The van der Waals surface area contributed by atoms with Gasteiger partial charge in [-0.25, -0.2) is 0 Å². The van der Waals surface area contributed by atoms with E-state index >= 15 is 0 Å². The Labute approximate surface area is 168 Å². The van der Waals surface area contributed by atoms with Crippen LogP contribution in [0.3, 0.4) is 0 Å². The average Bonchev–Trinajstić information content (AvgIpc) is 3.21. The first-order valence-electron chi connectivity index (χ1n) is 10.2. The fourth-order valence-electron chi connectivity index (χ4n) is 3.62. The van der Waals surface area contributed by atoms with Gasteiger partial charge in [-0.2, -0.15) is 0 Å². The number of methoxy groups -OCH3 is 1. The summed E-state index contributed by atoms with van der Waals surface area (Å²) in [5.41, 5.74) is 2.53. The summed E-state index contributed by atoms with van der Waals surface area (Å²) in [6.45, 7) is 6.77. The minimum Gasteiger partial charge on any atom is -0.495 e. The average molecular weight is 381 g/mol. The van der Waals surface area contributed by atoms with Gasteiger partial charge in [0.1, 0.15) is 5.75 Å². The zero-order valence-corrected chi connectivity index (χ0v) is 17.0.